The molecule has 0 aromatic heterocycles. The van der Waals surface area contributed by atoms with Crippen molar-refractivity contribution in [2.75, 3.05) is 6.61 Å². The minimum atomic E-state index is -1.76. The van der Waals surface area contributed by atoms with Crippen molar-refractivity contribution < 1.29 is 71.8 Å². The van der Waals surface area contributed by atoms with Crippen molar-refractivity contribution in [3.63, 3.8) is 0 Å². The second-order valence-corrected chi connectivity index (χ2v) is 9.20. The third-order valence-corrected chi connectivity index (χ3v) is 5.71. The van der Waals surface area contributed by atoms with E-state index in [4.69, 9.17) is 37.9 Å². The second-order valence-electron chi connectivity index (χ2n) is 9.20. The van der Waals surface area contributed by atoms with Gasteiger partial charge in [0.2, 0.25) is 5.91 Å². The van der Waals surface area contributed by atoms with E-state index < -0.39 is 104 Å². The molecule has 0 aliphatic carbocycles. The Morgan fingerprint density at radius 3 is 1.68 bits per heavy atom. The molecule has 16 nitrogen and oxygen atoms in total. The van der Waals surface area contributed by atoms with Gasteiger partial charge in [-0.1, -0.05) is 0 Å². The number of ether oxygens (including phenoxy) is 8. The van der Waals surface area contributed by atoms with Gasteiger partial charge in [-0.15, -0.1) is 0 Å². The van der Waals surface area contributed by atoms with Crippen molar-refractivity contribution in [1.82, 2.24) is 5.32 Å². The number of aliphatic hydroxyl groups is 1. The van der Waals surface area contributed by atoms with Gasteiger partial charge in [-0.2, -0.15) is 0 Å². The smallest absolute Gasteiger partial charge is 0.303 e. The Hall–Kier alpha value is -3.34. The van der Waals surface area contributed by atoms with Gasteiger partial charge in [-0.3, -0.25) is 28.8 Å². The van der Waals surface area contributed by atoms with Crippen LogP contribution in [-0.4, -0.2) is 109 Å². The summed E-state index contributed by atoms with van der Waals surface area (Å²) in [7, 11) is 0. The fourth-order valence-corrected chi connectivity index (χ4v) is 4.37. The molecule has 2 heterocycles. The number of nitrogens with one attached hydrogen (secondary N) is 1. The molecule has 0 radical (unpaired) electrons. The molecule has 2 aliphatic rings. The Morgan fingerprint density at radius 1 is 0.675 bits per heavy atom. The van der Waals surface area contributed by atoms with E-state index in [0.717, 1.165) is 41.5 Å². The van der Waals surface area contributed by atoms with Crippen LogP contribution in [0.15, 0.2) is 0 Å². The number of rotatable bonds is 9. The van der Waals surface area contributed by atoms with Crippen LogP contribution in [0.1, 0.15) is 48.5 Å². The average Bonchev–Trinajstić information content (AvgIpc) is 2.80. The first kappa shape index (κ1) is 32.9. The van der Waals surface area contributed by atoms with E-state index in [0.29, 0.717) is 0 Å². The largest absolute Gasteiger partial charge is 0.463 e. The van der Waals surface area contributed by atoms with Crippen LogP contribution in [0.25, 0.3) is 0 Å². The molecule has 1 amide bonds. The third-order valence-electron chi connectivity index (χ3n) is 5.71. The van der Waals surface area contributed by atoms with Gasteiger partial charge in [-0.05, 0) is 6.92 Å². The molecule has 40 heavy (non-hydrogen) atoms. The van der Waals surface area contributed by atoms with Crippen LogP contribution >= 0.6 is 0 Å². The predicted molar refractivity (Wildman–Crippen MR) is 127 cm³/mol. The Bertz CT molecular complexity index is 970. The average molecular weight is 578 g/mol. The van der Waals surface area contributed by atoms with Crippen LogP contribution in [0, 0.1) is 0 Å². The van der Waals surface area contributed by atoms with E-state index in [2.05, 4.69) is 5.32 Å². The fraction of sp³-hybridized carbons (Fsp3) is 0.750. The van der Waals surface area contributed by atoms with Crippen molar-refractivity contribution in [2.24, 2.45) is 0 Å². The summed E-state index contributed by atoms with van der Waals surface area (Å²) in [4.78, 5) is 71.2. The highest BCUT2D eigenvalue weighted by Gasteiger charge is 2.55. The minimum Gasteiger partial charge on any atom is -0.463 e. The standard InChI is InChI=1S/C24H35NO15/c1-9-18(35-12(4)28)21(37-14(6)30)22(38-15(7)31)24(34-9)40-20-17(25-10(2)26)23(32)39-16(8-33-11(3)27)19(20)36-13(5)29/h9,16-24,32H,8H2,1-7H3,(H,25,26)/t9-,16+,17+,18-,19+,20+,21+,22+,23-,24-/m0/s1. The number of aliphatic hydroxyl groups excluding tert-OH is 1. The summed E-state index contributed by atoms with van der Waals surface area (Å²) in [5.41, 5.74) is 0. The molecule has 0 spiro atoms. The molecule has 0 saturated carbocycles. The van der Waals surface area contributed by atoms with E-state index >= 15 is 0 Å². The summed E-state index contributed by atoms with van der Waals surface area (Å²) in [6.07, 6.45) is -12.7. The monoisotopic (exact) mass is 577 g/mol. The molecule has 0 aromatic carbocycles. The summed E-state index contributed by atoms with van der Waals surface area (Å²) in [5.74, 6) is -4.51. The predicted octanol–water partition coefficient (Wildman–Crippen LogP) is -1.37. The first-order valence-electron chi connectivity index (χ1n) is 12.3. The summed E-state index contributed by atoms with van der Waals surface area (Å²) < 4.78 is 43.9. The fourth-order valence-electron chi connectivity index (χ4n) is 4.37. The number of esters is 5. The molecular weight excluding hydrogens is 542 g/mol. The topological polar surface area (TPSA) is 209 Å². The lowest BCUT2D eigenvalue weighted by molar-refractivity contribution is -0.340. The first-order valence-corrected chi connectivity index (χ1v) is 12.3. The van der Waals surface area contributed by atoms with Crippen molar-refractivity contribution in [2.45, 2.75) is 110 Å². The van der Waals surface area contributed by atoms with Crippen LogP contribution in [-0.2, 0) is 66.7 Å². The lowest BCUT2D eigenvalue weighted by atomic mass is 9.95. The van der Waals surface area contributed by atoms with Crippen LogP contribution in [0.4, 0.5) is 0 Å². The van der Waals surface area contributed by atoms with E-state index in [1.165, 1.54) is 6.92 Å². The Labute approximate surface area is 229 Å². The third kappa shape index (κ3) is 9.11. The number of hydrogen-bond acceptors (Lipinski definition) is 15. The van der Waals surface area contributed by atoms with Crippen molar-refractivity contribution in [3.05, 3.63) is 0 Å². The van der Waals surface area contributed by atoms with E-state index in [1.54, 1.807) is 0 Å². The maximum absolute atomic E-state index is 12.0. The zero-order valence-corrected chi connectivity index (χ0v) is 23.1. The maximum Gasteiger partial charge on any atom is 0.303 e. The zero-order valence-electron chi connectivity index (χ0n) is 23.1. The maximum atomic E-state index is 12.0. The van der Waals surface area contributed by atoms with Gasteiger partial charge in [-0.25, -0.2) is 0 Å². The first-order chi connectivity index (χ1) is 18.6. The van der Waals surface area contributed by atoms with Gasteiger partial charge in [0.25, 0.3) is 0 Å². The molecular formula is C24H35NO15. The van der Waals surface area contributed by atoms with Crippen LogP contribution in [0.2, 0.25) is 0 Å². The lowest BCUT2D eigenvalue weighted by Gasteiger charge is -2.48. The lowest BCUT2D eigenvalue weighted by Crippen LogP contribution is -2.68. The Kier molecular flexibility index (Phi) is 11.8. The molecule has 0 unspecified atom stereocenters. The Morgan fingerprint density at radius 2 is 1.18 bits per heavy atom. The SMILES string of the molecule is CC(=O)N[C@@H]1[C@@H](O[C@@H]2O[C@@H](C)[C@H](OC(C)=O)[C@@H](OC(C)=O)[C@H]2OC(C)=O)[C@H](OC(C)=O)[C@@H](COC(C)=O)O[C@@H]1O. The van der Waals surface area contributed by atoms with Gasteiger partial charge >= 0.3 is 29.8 Å². The van der Waals surface area contributed by atoms with Crippen molar-refractivity contribution in [3.8, 4) is 0 Å². The van der Waals surface area contributed by atoms with Crippen molar-refractivity contribution >= 4 is 35.8 Å². The zero-order chi connectivity index (χ0) is 30.3. The second kappa shape index (κ2) is 14.3. The van der Waals surface area contributed by atoms with Gasteiger partial charge < -0.3 is 48.3 Å². The highest BCUT2D eigenvalue weighted by Crippen LogP contribution is 2.33. The molecule has 10 atom stereocenters. The minimum absolute atomic E-state index is 0.475. The van der Waals surface area contributed by atoms with Crippen molar-refractivity contribution in [1.29, 1.82) is 0 Å². The molecule has 2 fully saturated rings. The van der Waals surface area contributed by atoms with Gasteiger partial charge in [0.1, 0.15) is 24.9 Å². The summed E-state index contributed by atoms with van der Waals surface area (Å²) in [6.45, 7) is 7.63. The molecule has 16 heteroatoms. The summed E-state index contributed by atoms with van der Waals surface area (Å²) >= 11 is 0. The summed E-state index contributed by atoms with van der Waals surface area (Å²) in [5, 5.41) is 13.2. The highest BCUT2D eigenvalue weighted by atomic mass is 16.7. The van der Waals surface area contributed by atoms with E-state index in [9.17, 15) is 33.9 Å². The molecule has 226 valence electrons. The van der Waals surface area contributed by atoms with Crippen LogP contribution < -0.4 is 5.32 Å². The van der Waals surface area contributed by atoms with Crippen LogP contribution in [0.3, 0.4) is 0 Å². The van der Waals surface area contributed by atoms with E-state index in [1.807, 2.05) is 0 Å². The summed E-state index contributed by atoms with van der Waals surface area (Å²) in [6, 6.07) is -1.38. The molecule has 2 saturated heterocycles. The number of carbonyl (C=O) groups is 6. The normalized spacial score (nSPS) is 33.6. The molecule has 2 aliphatic heterocycles. The van der Waals surface area contributed by atoms with Gasteiger partial charge in [0.15, 0.2) is 37.0 Å². The molecule has 0 bridgehead atoms. The number of hydrogen-bond donors (Lipinski definition) is 2. The number of carbonyl (C=O) groups excluding carboxylic acids is 6. The molecule has 2 rings (SSSR count). The van der Waals surface area contributed by atoms with Gasteiger partial charge in [0, 0.05) is 41.5 Å². The van der Waals surface area contributed by atoms with Crippen LogP contribution in [0.5, 0.6) is 0 Å². The molecule has 2 N–H and O–H groups in total. The molecule has 0 aromatic rings. The quantitative estimate of drug-likeness (QED) is 0.239. The Balaban J connectivity index is 2.56. The number of amides is 1. The van der Waals surface area contributed by atoms with Gasteiger partial charge in [0.05, 0.1) is 6.10 Å². The van der Waals surface area contributed by atoms with E-state index in [-0.39, 0.29) is 0 Å². The highest BCUT2D eigenvalue weighted by molar-refractivity contribution is 5.73.